The van der Waals surface area contributed by atoms with Crippen LogP contribution >= 0.6 is 0 Å². The number of sulfonamides is 1. The number of nitrogens with zero attached hydrogens (tertiary/aromatic N) is 2. The molecule has 1 N–H and O–H groups in total. The Morgan fingerprint density at radius 2 is 1.93 bits per heavy atom. The van der Waals surface area contributed by atoms with Gasteiger partial charge >= 0.3 is 0 Å². The fourth-order valence-corrected chi connectivity index (χ4v) is 5.41. The van der Waals surface area contributed by atoms with E-state index in [2.05, 4.69) is 0 Å². The predicted molar refractivity (Wildman–Crippen MR) is 102 cm³/mol. The summed E-state index contributed by atoms with van der Waals surface area (Å²) in [5.41, 5.74) is 0. The number of ether oxygens (including phenoxy) is 2. The molecule has 2 saturated heterocycles. The highest BCUT2D eigenvalue weighted by Gasteiger charge is 2.43. The third-order valence-corrected chi connectivity index (χ3v) is 7.09. The maximum absolute atomic E-state index is 13.3. The summed E-state index contributed by atoms with van der Waals surface area (Å²) < 4.78 is 39.5. The highest BCUT2D eigenvalue weighted by molar-refractivity contribution is 7.89. The van der Waals surface area contributed by atoms with Crippen molar-refractivity contribution in [1.82, 2.24) is 9.21 Å². The van der Waals surface area contributed by atoms with E-state index in [1.165, 1.54) is 9.21 Å². The van der Waals surface area contributed by atoms with Crippen molar-refractivity contribution in [1.29, 1.82) is 0 Å². The molecule has 0 unspecified atom stereocenters. The molecule has 0 radical (unpaired) electrons. The molecule has 0 aromatic heterocycles. The van der Waals surface area contributed by atoms with E-state index >= 15 is 0 Å². The van der Waals surface area contributed by atoms with Crippen LogP contribution in [0.3, 0.4) is 0 Å². The molecule has 1 aromatic rings. The van der Waals surface area contributed by atoms with Gasteiger partial charge in [-0.3, -0.25) is 4.79 Å². The molecule has 2 heterocycles. The number of carbonyl (C=O) groups excluding carboxylic acids is 1. The van der Waals surface area contributed by atoms with Gasteiger partial charge < -0.3 is 19.5 Å². The van der Waals surface area contributed by atoms with Crippen molar-refractivity contribution in [3.63, 3.8) is 0 Å². The van der Waals surface area contributed by atoms with Crippen molar-refractivity contribution < 1.29 is 27.8 Å². The molecule has 0 aliphatic carbocycles. The van der Waals surface area contributed by atoms with Crippen LogP contribution in [-0.2, 0) is 24.3 Å². The van der Waals surface area contributed by atoms with E-state index in [1.54, 1.807) is 44.4 Å². The van der Waals surface area contributed by atoms with Gasteiger partial charge in [-0.2, -0.15) is 4.31 Å². The Morgan fingerprint density at radius 1 is 1.21 bits per heavy atom. The fraction of sp³-hybridized carbons (Fsp3) is 0.632. The lowest BCUT2D eigenvalue weighted by molar-refractivity contribution is -0.150. The van der Waals surface area contributed by atoms with E-state index in [0.717, 1.165) is 0 Å². The zero-order chi connectivity index (χ0) is 20.3. The number of rotatable bonds is 4. The summed E-state index contributed by atoms with van der Waals surface area (Å²) in [6.07, 6.45) is -0.308. The van der Waals surface area contributed by atoms with Gasteiger partial charge in [0.25, 0.3) is 0 Å². The number of carbonyl (C=O) groups is 1. The highest BCUT2D eigenvalue weighted by Crippen LogP contribution is 2.31. The van der Waals surface area contributed by atoms with E-state index in [0.29, 0.717) is 12.8 Å². The molecular weight excluding hydrogens is 384 g/mol. The maximum atomic E-state index is 13.3. The van der Waals surface area contributed by atoms with E-state index < -0.39 is 28.3 Å². The molecule has 2 fully saturated rings. The number of aliphatic hydroxyl groups excluding tert-OH is 1. The summed E-state index contributed by atoms with van der Waals surface area (Å²) in [7, 11) is -0.403. The first-order chi connectivity index (χ1) is 13.3. The second-order valence-corrected chi connectivity index (χ2v) is 9.40. The molecular formula is C19H28N2O6S. The summed E-state index contributed by atoms with van der Waals surface area (Å²) >= 11 is 0. The fourth-order valence-electron chi connectivity index (χ4n) is 3.68. The number of hydrogen-bond acceptors (Lipinski definition) is 6. The average molecular weight is 413 g/mol. The Hall–Kier alpha value is -1.52. The first kappa shape index (κ1) is 21.2. The molecule has 1 aromatic carbocycles. The van der Waals surface area contributed by atoms with Gasteiger partial charge in [0, 0.05) is 20.6 Å². The normalized spacial score (nSPS) is 29.4. The summed E-state index contributed by atoms with van der Waals surface area (Å²) in [5, 5.41) is 10.2. The minimum Gasteiger partial charge on any atom is -0.389 e. The maximum Gasteiger partial charge on any atom is 0.243 e. The average Bonchev–Trinajstić information content (AvgIpc) is 2.65. The van der Waals surface area contributed by atoms with Crippen molar-refractivity contribution in [2.45, 2.75) is 48.5 Å². The van der Waals surface area contributed by atoms with Crippen LogP contribution in [0.25, 0.3) is 0 Å². The molecule has 156 valence electrons. The van der Waals surface area contributed by atoms with Crippen LogP contribution in [0.15, 0.2) is 35.2 Å². The third kappa shape index (κ3) is 4.72. The standard InChI is InChI=1S/C19H28N2O6S/c1-20(2)19(23)10-15-8-9-17-18(27-15)13-26-12-14(22)11-21(17)28(24,25)16-6-4-3-5-7-16/h3-7,14-15,17-18,22H,8-13H2,1-2H3/t14-,15+,17-,18+/m1/s1. The van der Waals surface area contributed by atoms with Crippen LogP contribution in [0.4, 0.5) is 0 Å². The number of aliphatic hydroxyl groups is 1. The summed E-state index contributed by atoms with van der Waals surface area (Å²) in [4.78, 5) is 13.7. The SMILES string of the molecule is CN(C)C(=O)C[C@@H]1CC[C@@H]2[C@H](COC[C@H](O)CN2S(=O)(=O)c2ccccc2)O1. The molecule has 1 amide bonds. The molecule has 3 rings (SSSR count). The van der Waals surface area contributed by atoms with Crippen molar-refractivity contribution >= 4 is 15.9 Å². The van der Waals surface area contributed by atoms with Crippen molar-refractivity contribution in [2.75, 3.05) is 33.9 Å². The van der Waals surface area contributed by atoms with Gasteiger partial charge in [0.2, 0.25) is 15.9 Å². The van der Waals surface area contributed by atoms with Gasteiger partial charge in [-0.05, 0) is 25.0 Å². The molecule has 8 nitrogen and oxygen atoms in total. The third-order valence-electron chi connectivity index (χ3n) is 5.18. The Kier molecular flexibility index (Phi) is 6.72. The molecule has 0 spiro atoms. The molecule has 0 bridgehead atoms. The predicted octanol–water partition coefficient (Wildman–Crippen LogP) is 0.463. The van der Waals surface area contributed by atoms with Crippen LogP contribution < -0.4 is 0 Å². The lowest BCUT2D eigenvalue weighted by Gasteiger charge is -2.43. The van der Waals surface area contributed by atoms with Crippen LogP contribution in [-0.4, -0.2) is 86.8 Å². The Labute approximate surface area is 166 Å². The molecule has 9 heteroatoms. The van der Waals surface area contributed by atoms with Gasteiger partial charge in [0.15, 0.2) is 0 Å². The molecule has 0 saturated carbocycles. The second kappa shape index (κ2) is 8.87. The van der Waals surface area contributed by atoms with Crippen molar-refractivity contribution in [3.8, 4) is 0 Å². The number of benzene rings is 1. The van der Waals surface area contributed by atoms with Gasteiger partial charge in [-0.25, -0.2) is 8.42 Å². The van der Waals surface area contributed by atoms with Crippen molar-refractivity contribution in [3.05, 3.63) is 30.3 Å². The first-order valence-corrected chi connectivity index (χ1v) is 10.9. The Balaban J connectivity index is 1.83. The lowest BCUT2D eigenvalue weighted by Crippen LogP contribution is -2.57. The molecule has 2 aliphatic rings. The summed E-state index contributed by atoms with van der Waals surface area (Å²) in [6, 6.07) is 7.75. The van der Waals surface area contributed by atoms with Gasteiger partial charge in [0.05, 0.1) is 48.9 Å². The summed E-state index contributed by atoms with van der Waals surface area (Å²) in [6.45, 7) is 0.160. The van der Waals surface area contributed by atoms with Gasteiger partial charge in [-0.15, -0.1) is 0 Å². The molecule has 2 aliphatic heterocycles. The highest BCUT2D eigenvalue weighted by atomic mass is 32.2. The van der Waals surface area contributed by atoms with E-state index in [1.807, 2.05) is 0 Å². The number of hydrogen-bond donors (Lipinski definition) is 1. The largest absolute Gasteiger partial charge is 0.389 e. The minimum atomic E-state index is -3.80. The minimum absolute atomic E-state index is 0.0283. The smallest absolute Gasteiger partial charge is 0.243 e. The monoisotopic (exact) mass is 412 g/mol. The van der Waals surface area contributed by atoms with Crippen LogP contribution in [0.2, 0.25) is 0 Å². The Morgan fingerprint density at radius 3 is 2.61 bits per heavy atom. The zero-order valence-corrected chi connectivity index (χ0v) is 17.0. The van der Waals surface area contributed by atoms with Gasteiger partial charge in [-0.1, -0.05) is 18.2 Å². The van der Waals surface area contributed by atoms with Crippen LogP contribution in [0.1, 0.15) is 19.3 Å². The van der Waals surface area contributed by atoms with E-state index in [9.17, 15) is 18.3 Å². The van der Waals surface area contributed by atoms with Crippen molar-refractivity contribution in [2.24, 2.45) is 0 Å². The topological polar surface area (TPSA) is 96.4 Å². The summed E-state index contributed by atoms with van der Waals surface area (Å²) in [5.74, 6) is -0.0283. The number of β-amino-alcohol motifs (C(OH)–C–C–N with tert-alkyl or cyclic N) is 1. The number of amides is 1. The lowest BCUT2D eigenvalue weighted by atomic mass is 9.96. The van der Waals surface area contributed by atoms with Crippen LogP contribution in [0.5, 0.6) is 0 Å². The first-order valence-electron chi connectivity index (χ1n) is 9.47. The Bertz CT molecular complexity index is 770. The van der Waals surface area contributed by atoms with E-state index in [4.69, 9.17) is 9.47 Å². The number of fused-ring (bicyclic) bond motifs is 1. The second-order valence-electron chi connectivity index (χ2n) is 7.51. The molecule has 28 heavy (non-hydrogen) atoms. The zero-order valence-electron chi connectivity index (χ0n) is 16.2. The van der Waals surface area contributed by atoms with E-state index in [-0.39, 0.29) is 43.1 Å². The quantitative estimate of drug-likeness (QED) is 0.772. The molecule has 4 atom stereocenters. The van der Waals surface area contributed by atoms with Gasteiger partial charge in [0.1, 0.15) is 0 Å². The van der Waals surface area contributed by atoms with Crippen LogP contribution in [0, 0.1) is 0 Å².